The van der Waals surface area contributed by atoms with Crippen molar-refractivity contribution in [3.05, 3.63) is 35.0 Å². The normalized spacial score (nSPS) is 23.3. The molecule has 1 aliphatic heterocycles. The van der Waals surface area contributed by atoms with Crippen LogP contribution >= 0.6 is 11.6 Å². The third-order valence-corrected chi connectivity index (χ3v) is 4.58. The van der Waals surface area contributed by atoms with E-state index in [1.165, 1.54) is 0 Å². The Labute approximate surface area is 129 Å². The number of furan rings is 1. The Morgan fingerprint density at radius 3 is 2.90 bits per heavy atom. The lowest BCUT2D eigenvalue weighted by molar-refractivity contribution is 0.0432. The van der Waals surface area contributed by atoms with Crippen LogP contribution in [-0.2, 0) is 0 Å². The molecule has 0 amide bonds. The van der Waals surface area contributed by atoms with Gasteiger partial charge in [-0.1, -0.05) is 23.7 Å². The zero-order chi connectivity index (χ0) is 15.0. The quantitative estimate of drug-likeness (QED) is 0.926. The van der Waals surface area contributed by atoms with Crippen LogP contribution in [0, 0.1) is 0 Å². The van der Waals surface area contributed by atoms with Gasteiger partial charge in [0.05, 0.1) is 11.1 Å². The van der Waals surface area contributed by atoms with Crippen molar-refractivity contribution in [2.24, 2.45) is 0 Å². The van der Waals surface area contributed by atoms with Gasteiger partial charge in [-0.05, 0) is 45.7 Å². The van der Waals surface area contributed by atoms with Gasteiger partial charge in [0.15, 0.2) is 5.58 Å². The molecule has 0 bridgehead atoms. The zero-order valence-corrected chi connectivity index (χ0v) is 13.2. The van der Waals surface area contributed by atoms with Crippen molar-refractivity contribution >= 4 is 22.6 Å². The van der Waals surface area contributed by atoms with Crippen LogP contribution in [0.25, 0.3) is 11.0 Å². The molecule has 1 fully saturated rings. The highest BCUT2D eigenvalue weighted by molar-refractivity contribution is 6.34. The summed E-state index contributed by atoms with van der Waals surface area (Å²) in [5.41, 5.74) is 0.651. The Kier molecular flexibility index (Phi) is 4.22. The fourth-order valence-electron chi connectivity index (χ4n) is 3.03. The largest absolute Gasteiger partial charge is 0.457 e. The molecule has 5 heteroatoms. The smallest absolute Gasteiger partial charge is 0.152 e. The molecule has 2 heterocycles. The molecule has 4 nitrogen and oxygen atoms in total. The number of fused-ring (bicyclic) bond motifs is 1. The molecule has 1 N–H and O–H groups in total. The summed E-state index contributed by atoms with van der Waals surface area (Å²) in [5.74, 6) is 0.588. The lowest BCUT2D eigenvalue weighted by Gasteiger charge is -2.30. The first kappa shape index (κ1) is 14.9. The highest BCUT2D eigenvalue weighted by atomic mass is 35.5. The maximum atomic E-state index is 10.7. The number of nitrogens with zero attached hydrogens (tertiary/aromatic N) is 2. The van der Waals surface area contributed by atoms with E-state index in [2.05, 4.69) is 23.9 Å². The highest BCUT2D eigenvalue weighted by Crippen LogP contribution is 2.32. The van der Waals surface area contributed by atoms with E-state index < -0.39 is 6.10 Å². The number of hydrogen-bond acceptors (Lipinski definition) is 4. The Morgan fingerprint density at radius 1 is 1.33 bits per heavy atom. The van der Waals surface area contributed by atoms with Crippen LogP contribution in [0.1, 0.15) is 18.3 Å². The van der Waals surface area contributed by atoms with Gasteiger partial charge in [0.2, 0.25) is 0 Å². The summed E-state index contributed by atoms with van der Waals surface area (Å²) in [6.45, 7) is 2.86. The van der Waals surface area contributed by atoms with Gasteiger partial charge in [0.25, 0.3) is 0 Å². The van der Waals surface area contributed by atoms with Crippen LogP contribution in [0.2, 0.25) is 5.02 Å². The van der Waals surface area contributed by atoms with Crippen LogP contribution in [-0.4, -0.2) is 54.7 Å². The minimum Gasteiger partial charge on any atom is -0.457 e. The Bertz CT molecular complexity index is 628. The van der Waals surface area contributed by atoms with Gasteiger partial charge in [-0.15, -0.1) is 0 Å². The summed E-state index contributed by atoms with van der Waals surface area (Å²) in [7, 11) is 4.15. The van der Waals surface area contributed by atoms with Crippen molar-refractivity contribution in [3.63, 3.8) is 0 Å². The fraction of sp³-hybridized carbons (Fsp3) is 0.500. The summed E-state index contributed by atoms with van der Waals surface area (Å²) in [6, 6.07) is 7.56. The maximum absolute atomic E-state index is 10.7. The van der Waals surface area contributed by atoms with E-state index in [1.807, 2.05) is 18.2 Å². The van der Waals surface area contributed by atoms with Gasteiger partial charge >= 0.3 is 0 Å². The van der Waals surface area contributed by atoms with Gasteiger partial charge in [0.1, 0.15) is 11.9 Å². The molecule has 0 saturated carbocycles. The zero-order valence-electron chi connectivity index (χ0n) is 12.4. The first-order valence-corrected chi connectivity index (χ1v) is 7.69. The first-order valence-electron chi connectivity index (χ1n) is 7.31. The molecule has 1 aliphatic rings. The van der Waals surface area contributed by atoms with Gasteiger partial charge in [-0.2, -0.15) is 0 Å². The van der Waals surface area contributed by atoms with Crippen LogP contribution in [0.3, 0.4) is 0 Å². The SMILES string of the molecule is CN1CCCN(C)C(C(O)c2cc3cccc(Cl)c3o2)C1. The van der Waals surface area contributed by atoms with Gasteiger partial charge < -0.3 is 14.4 Å². The molecule has 1 aromatic carbocycles. The second-order valence-corrected chi connectivity index (χ2v) is 6.32. The Balaban J connectivity index is 1.91. The molecule has 2 unspecified atom stereocenters. The number of hydrogen-bond donors (Lipinski definition) is 1. The molecule has 3 rings (SSSR count). The van der Waals surface area contributed by atoms with E-state index >= 15 is 0 Å². The number of rotatable bonds is 2. The van der Waals surface area contributed by atoms with E-state index in [9.17, 15) is 5.11 Å². The molecular formula is C16H21ClN2O2. The molecule has 21 heavy (non-hydrogen) atoms. The van der Waals surface area contributed by atoms with E-state index in [-0.39, 0.29) is 6.04 Å². The van der Waals surface area contributed by atoms with Crippen molar-refractivity contribution < 1.29 is 9.52 Å². The first-order chi connectivity index (χ1) is 10.1. The number of likely N-dealkylation sites (N-methyl/N-ethyl adjacent to an activating group) is 2. The summed E-state index contributed by atoms with van der Waals surface area (Å²) in [5, 5.41) is 12.3. The number of halogens is 1. The number of para-hydroxylation sites is 1. The summed E-state index contributed by atoms with van der Waals surface area (Å²) < 4.78 is 5.81. The van der Waals surface area contributed by atoms with Crippen molar-refractivity contribution in [3.8, 4) is 0 Å². The molecule has 1 saturated heterocycles. The average molecular weight is 309 g/mol. The van der Waals surface area contributed by atoms with Crippen molar-refractivity contribution in [2.45, 2.75) is 18.6 Å². The highest BCUT2D eigenvalue weighted by Gasteiger charge is 2.30. The molecule has 0 spiro atoms. The van der Waals surface area contributed by atoms with Crippen molar-refractivity contribution in [2.75, 3.05) is 33.7 Å². The van der Waals surface area contributed by atoms with Crippen LogP contribution < -0.4 is 0 Å². The number of aliphatic hydroxyl groups is 1. The molecule has 114 valence electrons. The second-order valence-electron chi connectivity index (χ2n) is 5.92. The van der Waals surface area contributed by atoms with Gasteiger partial charge in [0, 0.05) is 11.9 Å². The third kappa shape index (κ3) is 2.94. The summed E-state index contributed by atoms with van der Waals surface area (Å²) >= 11 is 6.14. The lowest BCUT2D eigenvalue weighted by Crippen LogP contribution is -2.42. The molecule has 0 aliphatic carbocycles. The number of benzene rings is 1. The number of aliphatic hydroxyl groups excluding tert-OH is 1. The molecule has 2 aromatic rings. The topological polar surface area (TPSA) is 39.9 Å². The average Bonchev–Trinajstić information content (AvgIpc) is 2.82. The monoisotopic (exact) mass is 308 g/mol. The van der Waals surface area contributed by atoms with E-state index in [0.29, 0.717) is 16.4 Å². The minimum absolute atomic E-state index is 0.0248. The maximum Gasteiger partial charge on any atom is 0.152 e. The van der Waals surface area contributed by atoms with E-state index in [0.717, 1.165) is 31.4 Å². The van der Waals surface area contributed by atoms with Crippen LogP contribution in [0.15, 0.2) is 28.7 Å². The Morgan fingerprint density at radius 2 is 2.14 bits per heavy atom. The standard InChI is InChI=1S/C16H21ClN2O2/c1-18-7-4-8-19(2)13(10-18)15(20)14-9-11-5-3-6-12(17)16(11)21-14/h3,5-6,9,13,15,20H,4,7-8,10H2,1-2H3. The van der Waals surface area contributed by atoms with Gasteiger partial charge in [-0.25, -0.2) is 0 Å². The van der Waals surface area contributed by atoms with E-state index in [1.54, 1.807) is 6.07 Å². The molecule has 0 radical (unpaired) electrons. The minimum atomic E-state index is -0.654. The fourth-order valence-corrected chi connectivity index (χ4v) is 3.25. The molecule has 1 aromatic heterocycles. The second kappa shape index (κ2) is 5.97. The molecular weight excluding hydrogens is 288 g/mol. The summed E-state index contributed by atoms with van der Waals surface area (Å²) in [4.78, 5) is 4.47. The van der Waals surface area contributed by atoms with Crippen molar-refractivity contribution in [1.29, 1.82) is 0 Å². The van der Waals surface area contributed by atoms with E-state index in [4.69, 9.17) is 16.0 Å². The van der Waals surface area contributed by atoms with Crippen LogP contribution in [0.4, 0.5) is 0 Å². The summed E-state index contributed by atoms with van der Waals surface area (Å²) in [6.07, 6.45) is 0.460. The third-order valence-electron chi connectivity index (χ3n) is 4.29. The predicted molar refractivity (Wildman–Crippen MR) is 84.7 cm³/mol. The van der Waals surface area contributed by atoms with Crippen LogP contribution in [0.5, 0.6) is 0 Å². The van der Waals surface area contributed by atoms with Gasteiger partial charge in [-0.3, -0.25) is 4.90 Å². The molecule has 2 atom stereocenters. The predicted octanol–water partition coefficient (Wildman–Crippen LogP) is 2.76. The van der Waals surface area contributed by atoms with Crippen molar-refractivity contribution in [1.82, 2.24) is 9.80 Å². The lowest BCUT2D eigenvalue weighted by atomic mass is 10.1. The Hall–Kier alpha value is -1.07.